The van der Waals surface area contributed by atoms with Crippen molar-refractivity contribution in [2.75, 3.05) is 6.54 Å². The molecule has 4 heteroatoms. The summed E-state index contributed by atoms with van der Waals surface area (Å²) >= 11 is 0. The number of aryl methyl sites for hydroxylation is 2. The molecule has 1 atom stereocenters. The lowest BCUT2D eigenvalue weighted by molar-refractivity contribution is 0.524. The average molecular weight is 272 g/mol. The number of aromatic nitrogens is 3. The normalized spacial score (nSPS) is 12.6. The van der Waals surface area contributed by atoms with E-state index in [0.29, 0.717) is 6.04 Å². The zero-order valence-electron chi connectivity index (χ0n) is 12.8. The molecule has 20 heavy (non-hydrogen) atoms. The second-order valence-corrected chi connectivity index (χ2v) is 5.27. The van der Waals surface area contributed by atoms with Gasteiger partial charge in [-0.05, 0) is 50.9 Å². The lowest BCUT2D eigenvalue weighted by atomic mass is 9.97. The van der Waals surface area contributed by atoms with Crippen molar-refractivity contribution in [3.05, 3.63) is 47.0 Å². The smallest absolute Gasteiger partial charge is 0.0644 e. The van der Waals surface area contributed by atoms with Crippen molar-refractivity contribution in [3.63, 3.8) is 0 Å². The fraction of sp³-hybridized carbons (Fsp3) is 0.500. The molecule has 108 valence electrons. The van der Waals surface area contributed by atoms with Gasteiger partial charge in [-0.3, -0.25) is 9.67 Å². The predicted octanol–water partition coefficient (Wildman–Crippen LogP) is 2.72. The number of hydrogen-bond acceptors (Lipinski definition) is 3. The van der Waals surface area contributed by atoms with E-state index in [1.54, 1.807) is 0 Å². The van der Waals surface area contributed by atoms with Gasteiger partial charge in [0.25, 0.3) is 0 Å². The molecule has 0 aliphatic rings. The van der Waals surface area contributed by atoms with Gasteiger partial charge in [-0.1, -0.05) is 6.92 Å². The second kappa shape index (κ2) is 6.66. The summed E-state index contributed by atoms with van der Waals surface area (Å²) in [5, 5.41) is 8.20. The standard InChI is InChI=1S/C16H24N4/c1-5-8-18-15(11-14-6-9-17-10-7-14)16-12(2)19-20(4)13(16)3/h6-7,9-10,15,18H,5,8,11H2,1-4H3. The van der Waals surface area contributed by atoms with Crippen LogP contribution in [0.2, 0.25) is 0 Å². The van der Waals surface area contributed by atoms with Crippen LogP contribution in [0.1, 0.15) is 41.9 Å². The Hall–Kier alpha value is -1.68. The number of nitrogens with zero attached hydrogens (tertiary/aromatic N) is 3. The topological polar surface area (TPSA) is 42.7 Å². The molecule has 0 radical (unpaired) electrons. The van der Waals surface area contributed by atoms with E-state index in [1.807, 2.05) is 24.1 Å². The van der Waals surface area contributed by atoms with Crippen molar-refractivity contribution in [3.8, 4) is 0 Å². The van der Waals surface area contributed by atoms with Crippen LogP contribution < -0.4 is 5.32 Å². The molecular formula is C16H24N4. The molecule has 0 saturated carbocycles. The van der Waals surface area contributed by atoms with Crippen molar-refractivity contribution in [2.45, 2.75) is 39.7 Å². The Balaban J connectivity index is 2.27. The SMILES string of the molecule is CCCNC(Cc1ccncc1)c1c(C)nn(C)c1C. The van der Waals surface area contributed by atoms with Gasteiger partial charge in [-0.2, -0.15) is 5.10 Å². The summed E-state index contributed by atoms with van der Waals surface area (Å²) in [5.41, 5.74) is 4.99. The maximum Gasteiger partial charge on any atom is 0.0644 e. The van der Waals surface area contributed by atoms with Crippen LogP contribution in [0.5, 0.6) is 0 Å². The highest BCUT2D eigenvalue weighted by Gasteiger charge is 2.19. The summed E-state index contributed by atoms with van der Waals surface area (Å²) in [6.07, 6.45) is 5.81. The summed E-state index contributed by atoms with van der Waals surface area (Å²) in [6, 6.07) is 4.48. The molecule has 0 amide bonds. The third-order valence-corrected chi connectivity index (χ3v) is 3.74. The van der Waals surface area contributed by atoms with Crippen LogP contribution in [0.15, 0.2) is 24.5 Å². The highest BCUT2D eigenvalue weighted by molar-refractivity contribution is 5.30. The van der Waals surface area contributed by atoms with E-state index in [0.717, 1.165) is 25.1 Å². The maximum absolute atomic E-state index is 4.55. The molecule has 0 bridgehead atoms. The highest BCUT2D eigenvalue weighted by atomic mass is 15.3. The zero-order valence-corrected chi connectivity index (χ0v) is 12.8. The molecule has 0 spiro atoms. The van der Waals surface area contributed by atoms with Gasteiger partial charge in [0.05, 0.1) is 5.69 Å². The van der Waals surface area contributed by atoms with Crippen LogP contribution in [-0.2, 0) is 13.5 Å². The summed E-state index contributed by atoms with van der Waals surface area (Å²) in [5.74, 6) is 0. The largest absolute Gasteiger partial charge is 0.310 e. The van der Waals surface area contributed by atoms with E-state index in [-0.39, 0.29) is 0 Å². The Morgan fingerprint density at radius 2 is 1.95 bits per heavy atom. The Kier molecular flexibility index (Phi) is 4.90. The monoisotopic (exact) mass is 272 g/mol. The van der Waals surface area contributed by atoms with Crippen molar-refractivity contribution in [2.24, 2.45) is 7.05 Å². The van der Waals surface area contributed by atoms with Crippen LogP contribution in [-0.4, -0.2) is 21.3 Å². The predicted molar refractivity (Wildman–Crippen MR) is 81.7 cm³/mol. The Morgan fingerprint density at radius 3 is 2.50 bits per heavy atom. The minimum absolute atomic E-state index is 0.311. The minimum Gasteiger partial charge on any atom is -0.310 e. The number of nitrogens with one attached hydrogen (secondary N) is 1. The molecule has 1 unspecified atom stereocenters. The molecule has 0 fully saturated rings. The van der Waals surface area contributed by atoms with Crippen LogP contribution in [0.4, 0.5) is 0 Å². The van der Waals surface area contributed by atoms with Crippen LogP contribution in [0.25, 0.3) is 0 Å². The molecule has 2 aromatic heterocycles. The summed E-state index contributed by atoms with van der Waals surface area (Å²) < 4.78 is 1.97. The molecule has 2 heterocycles. The van der Waals surface area contributed by atoms with Crippen LogP contribution in [0, 0.1) is 13.8 Å². The third-order valence-electron chi connectivity index (χ3n) is 3.74. The van der Waals surface area contributed by atoms with E-state index < -0.39 is 0 Å². The van der Waals surface area contributed by atoms with E-state index in [2.05, 4.69) is 48.3 Å². The zero-order chi connectivity index (χ0) is 14.5. The van der Waals surface area contributed by atoms with Gasteiger partial charge in [-0.15, -0.1) is 0 Å². The number of pyridine rings is 1. The first-order valence-electron chi connectivity index (χ1n) is 7.25. The lowest BCUT2D eigenvalue weighted by Crippen LogP contribution is -2.25. The Bertz CT molecular complexity index is 545. The fourth-order valence-electron chi connectivity index (χ4n) is 2.64. The molecule has 1 N–H and O–H groups in total. The van der Waals surface area contributed by atoms with Gasteiger partial charge in [0.15, 0.2) is 0 Å². The van der Waals surface area contributed by atoms with Crippen molar-refractivity contribution in [1.29, 1.82) is 0 Å². The van der Waals surface area contributed by atoms with Gasteiger partial charge in [0.1, 0.15) is 0 Å². The first-order chi connectivity index (χ1) is 9.63. The van der Waals surface area contributed by atoms with E-state index in [9.17, 15) is 0 Å². The molecule has 0 saturated heterocycles. The molecular weight excluding hydrogens is 248 g/mol. The molecule has 0 aliphatic carbocycles. The van der Waals surface area contributed by atoms with E-state index in [1.165, 1.54) is 16.8 Å². The van der Waals surface area contributed by atoms with Gasteiger partial charge in [-0.25, -0.2) is 0 Å². The third kappa shape index (κ3) is 3.25. The first kappa shape index (κ1) is 14.7. The van der Waals surface area contributed by atoms with Crippen LogP contribution >= 0.6 is 0 Å². The van der Waals surface area contributed by atoms with Gasteiger partial charge < -0.3 is 5.32 Å². The van der Waals surface area contributed by atoms with Gasteiger partial charge in [0.2, 0.25) is 0 Å². The molecule has 2 aromatic rings. The molecule has 0 aromatic carbocycles. The summed E-state index contributed by atoms with van der Waals surface area (Å²) in [4.78, 5) is 4.09. The average Bonchev–Trinajstić information content (AvgIpc) is 2.70. The van der Waals surface area contributed by atoms with Crippen molar-refractivity contribution >= 4 is 0 Å². The van der Waals surface area contributed by atoms with E-state index in [4.69, 9.17) is 0 Å². The molecule has 4 nitrogen and oxygen atoms in total. The van der Waals surface area contributed by atoms with Crippen LogP contribution in [0.3, 0.4) is 0 Å². The lowest BCUT2D eigenvalue weighted by Gasteiger charge is -2.19. The Morgan fingerprint density at radius 1 is 1.25 bits per heavy atom. The van der Waals surface area contributed by atoms with Gasteiger partial charge in [0, 0.05) is 36.7 Å². The first-order valence-corrected chi connectivity index (χ1v) is 7.25. The molecule has 2 rings (SSSR count). The van der Waals surface area contributed by atoms with Crippen molar-refractivity contribution in [1.82, 2.24) is 20.1 Å². The number of rotatable bonds is 6. The quantitative estimate of drug-likeness (QED) is 0.879. The minimum atomic E-state index is 0.311. The molecule has 0 aliphatic heterocycles. The van der Waals surface area contributed by atoms with Crippen molar-refractivity contribution < 1.29 is 0 Å². The Labute approximate surface area is 121 Å². The summed E-state index contributed by atoms with van der Waals surface area (Å²) in [6.45, 7) is 7.45. The maximum atomic E-state index is 4.55. The van der Waals surface area contributed by atoms with E-state index >= 15 is 0 Å². The summed E-state index contributed by atoms with van der Waals surface area (Å²) in [7, 11) is 2.01. The highest BCUT2D eigenvalue weighted by Crippen LogP contribution is 2.24. The van der Waals surface area contributed by atoms with Gasteiger partial charge >= 0.3 is 0 Å². The second-order valence-electron chi connectivity index (χ2n) is 5.27. The fourth-order valence-corrected chi connectivity index (χ4v) is 2.64. The number of hydrogen-bond donors (Lipinski definition) is 1.